The van der Waals surface area contributed by atoms with E-state index in [1.165, 1.54) is 0 Å². The summed E-state index contributed by atoms with van der Waals surface area (Å²) in [4.78, 5) is 2.00. The van der Waals surface area contributed by atoms with Crippen LogP contribution in [0.3, 0.4) is 0 Å². The van der Waals surface area contributed by atoms with Crippen LogP contribution in [0.2, 0.25) is 0 Å². The highest BCUT2D eigenvalue weighted by Gasteiger charge is 2.08. The zero-order valence-electron chi connectivity index (χ0n) is 9.77. The van der Waals surface area contributed by atoms with Gasteiger partial charge in [-0.3, -0.25) is 0 Å². The van der Waals surface area contributed by atoms with Crippen LogP contribution >= 0.6 is 11.8 Å². The van der Waals surface area contributed by atoms with Gasteiger partial charge in [0.1, 0.15) is 11.5 Å². The minimum Gasteiger partial charge on any atom is -0.508 e. The number of hydrogen-bond donors (Lipinski definition) is 2. The number of hydrogen-bond acceptors (Lipinski definition) is 3. The summed E-state index contributed by atoms with van der Waals surface area (Å²) < 4.78 is 0. The molecule has 0 aliphatic heterocycles. The van der Waals surface area contributed by atoms with E-state index in [0.717, 1.165) is 20.9 Å². The first kappa shape index (κ1) is 11.9. The van der Waals surface area contributed by atoms with Crippen LogP contribution < -0.4 is 0 Å². The molecule has 0 spiro atoms. The van der Waals surface area contributed by atoms with Gasteiger partial charge in [0.2, 0.25) is 0 Å². The maximum Gasteiger partial charge on any atom is 0.119 e. The fourth-order valence-corrected chi connectivity index (χ4v) is 2.59. The molecule has 2 nitrogen and oxygen atoms in total. The summed E-state index contributed by atoms with van der Waals surface area (Å²) in [6.07, 6.45) is 0. The lowest BCUT2D eigenvalue weighted by atomic mass is 10.2. The second kappa shape index (κ2) is 4.72. The van der Waals surface area contributed by atoms with Crippen molar-refractivity contribution >= 4 is 11.8 Å². The van der Waals surface area contributed by atoms with Gasteiger partial charge in [-0.05, 0) is 38.1 Å². The molecule has 0 fully saturated rings. The van der Waals surface area contributed by atoms with E-state index in [-0.39, 0.29) is 0 Å². The van der Waals surface area contributed by atoms with Gasteiger partial charge < -0.3 is 10.2 Å². The van der Waals surface area contributed by atoms with Crippen molar-refractivity contribution in [3.63, 3.8) is 0 Å². The molecule has 2 aromatic carbocycles. The molecule has 0 aromatic heterocycles. The molecule has 17 heavy (non-hydrogen) atoms. The van der Waals surface area contributed by atoms with E-state index in [2.05, 4.69) is 0 Å². The molecule has 2 aromatic rings. The summed E-state index contributed by atoms with van der Waals surface area (Å²) in [5, 5.41) is 19.3. The van der Waals surface area contributed by atoms with E-state index in [9.17, 15) is 10.2 Å². The molecule has 0 saturated heterocycles. The molecule has 0 atom stereocenters. The van der Waals surface area contributed by atoms with Crippen LogP contribution in [0.25, 0.3) is 0 Å². The largest absolute Gasteiger partial charge is 0.508 e. The standard InChI is InChI=1S/C14H14O2S/c1-9-11(15)5-3-7-13(9)17-14-8-4-6-12(16)10(14)2/h3-8,15-16H,1-2H3. The average Bonchev–Trinajstić information content (AvgIpc) is 2.31. The van der Waals surface area contributed by atoms with Crippen molar-refractivity contribution in [1.29, 1.82) is 0 Å². The summed E-state index contributed by atoms with van der Waals surface area (Å²) in [5.41, 5.74) is 1.72. The molecule has 0 aliphatic rings. The molecular weight excluding hydrogens is 232 g/mol. The predicted octanol–water partition coefficient (Wildman–Crippen LogP) is 3.87. The van der Waals surface area contributed by atoms with Gasteiger partial charge in [0.25, 0.3) is 0 Å². The van der Waals surface area contributed by atoms with E-state index < -0.39 is 0 Å². The lowest BCUT2D eigenvalue weighted by Gasteiger charge is -2.10. The summed E-state index contributed by atoms with van der Waals surface area (Å²) in [5.74, 6) is 0.598. The van der Waals surface area contributed by atoms with E-state index in [0.29, 0.717) is 11.5 Å². The van der Waals surface area contributed by atoms with E-state index in [1.807, 2.05) is 38.1 Å². The molecule has 0 radical (unpaired) electrons. The van der Waals surface area contributed by atoms with Gasteiger partial charge in [-0.1, -0.05) is 23.9 Å². The third kappa shape index (κ3) is 2.39. The van der Waals surface area contributed by atoms with Crippen LogP contribution in [0.1, 0.15) is 11.1 Å². The fraction of sp³-hybridized carbons (Fsp3) is 0.143. The second-order valence-electron chi connectivity index (χ2n) is 3.90. The number of aromatic hydroxyl groups is 2. The fourth-order valence-electron chi connectivity index (χ4n) is 1.55. The van der Waals surface area contributed by atoms with Gasteiger partial charge in [0.15, 0.2) is 0 Å². The first-order valence-corrected chi connectivity index (χ1v) is 6.16. The SMILES string of the molecule is Cc1c(O)cccc1Sc1cccc(O)c1C. The lowest BCUT2D eigenvalue weighted by Crippen LogP contribution is -1.84. The Morgan fingerprint density at radius 2 is 1.18 bits per heavy atom. The van der Waals surface area contributed by atoms with Crippen molar-refractivity contribution in [2.45, 2.75) is 23.6 Å². The first-order valence-electron chi connectivity index (χ1n) is 5.34. The van der Waals surface area contributed by atoms with Gasteiger partial charge in [-0.2, -0.15) is 0 Å². The van der Waals surface area contributed by atoms with Crippen LogP contribution in [0.15, 0.2) is 46.2 Å². The Bertz CT molecular complexity index is 500. The van der Waals surface area contributed by atoms with E-state index in [4.69, 9.17) is 0 Å². The minimum absolute atomic E-state index is 0.299. The van der Waals surface area contributed by atoms with Crippen LogP contribution in [0, 0.1) is 13.8 Å². The monoisotopic (exact) mass is 246 g/mol. The molecule has 0 unspecified atom stereocenters. The number of phenolic OH excluding ortho intramolecular Hbond substituents is 2. The van der Waals surface area contributed by atoms with Crippen molar-refractivity contribution in [3.05, 3.63) is 47.5 Å². The van der Waals surface area contributed by atoms with Crippen molar-refractivity contribution in [2.75, 3.05) is 0 Å². The maximum atomic E-state index is 9.64. The summed E-state index contributed by atoms with van der Waals surface area (Å²) in [7, 11) is 0. The van der Waals surface area contributed by atoms with Gasteiger partial charge in [-0.25, -0.2) is 0 Å². The van der Waals surface area contributed by atoms with E-state index in [1.54, 1.807) is 23.9 Å². The lowest BCUT2D eigenvalue weighted by molar-refractivity contribution is 0.469. The molecule has 3 heteroatoms. The highest BCUT2D eigenvalue weighted by molar-refractivity contribution is 7.99. The third-order valence-corrected chi connectivity index (χ3v) is 4.06. The normalized spacial score (nSPS) is 10.5. The number of rotatable bonds is 2. The summed E-state index contributed by atoms with van der Waals surface area (Å²) in [6, 6.07) is 10.9. The van der Waals surface area contributed by atoms with Crippen LogP contribution in [-0.2, 0) is 0 Å². The Labute approximate surface area is 105 Å². The zero-order valence-corrected chi connectivity index (χ0v) is 10.6. The number of phenols is 2. The van der Waals surface area contributed by atoms with Crippen molar-refractivity contribution in [2.24, 2.45) is 0 Å². The molecule has 0 amide bonds. The molecule has 0 bridgehead atoms. The van der Waals surface area contributed by atoms with Crippen LogP contribution in [-0.4, -0.2) is 10.2 Å². The Hall–Kier alpha value is -1.61. The molecule has 0 aliphatic carbocycles. The van der Waals surface area contributed by atoms with Crippen molar-refractivity contribution in [1.82, 2.24) is 0 Å². The molecule has 2 rings (SSSR count). The van der Waals surface area contributed by atoms with Gasteiger partial charge in [0, 0.05) is 20.9 Å². The predicted molar refractivity (Wildman–Crippen MR) is 69.8 cm³/mol. The molecule has 88 valence electrons. The smallest absolute Gasteiger partial charge is 0.119 e. The van der Waals surface area contributed by atoms with Crippen LogP contribution in [0.4, 0.5) is 0 Å². The first-order chi connectivity index (χ1) is 8.09. The highest BCUT2D eigenvalue weighted by atomic mass is 32.2. The Morgan fingerprint density at radius 3 is 1.59 bits per heavy atom. The Balaban J connectivity index is 2.38. The molecular formula is C14H14O2S. The summed E-state index contributed by atoms with van der Waals surface area (Å²) >= 11 is 1.55. The molecule has 2 N–H and O–H groups in total. The zero-order chi connectivity index (χ0) is 12.4. The highest BCUT2D eigenvalue weighted by Crippen LogP contribution is 2.37. The van der Waals surface area contributed by atoms with E-state index >= 15 is 0 Å². The van der Waals surface area contributed by atoms with Crippen molar-refractivity contribution in [3.8, 4) is 11.5 Å². The van der Waals surface area contributed by atoms with Gasteiger partial charge in [0.05, 0.1) is 0 Å². The minimum atomic E-state index is 0.299. The van der Waals surface area contributed by atoms with Crippen LogP contribution in [0.5, 0.6) is 11.5 Å². The molecule has 0 heterocycles. The second-order valence-corrected chi connectivity index (χ2v) is 4.99. The van der Waals surface area contributed by atoms with Gasteiger partial charge >= 0.3 is 0 Å². The summed E-state index contributed by atoms with van der Waals surface area (Å²) in [6.45, 7) is 3.77. The third-order valence-electron chi connectivity index (χ3n) is 2.73. The Morgan fingerprint density at radius 1 is 0.765 bits per heavy atom. The number of benzene rings is 2. The quantitative estimate of drug-likeness (QED) is 0.845. The maximum absolute atomic E-state index is 9.64. The topological polar surface area (TPSA) is 40.5 Å². The van der Waals surface area contributed by atoms with Gasteiger partial charge in [-0.15, -0.1) is 0 Å². The average molecular weight is 246 g/mol. The van der Waals surface area contributed by atoms with Crippen molar-refractivity contribution < 1.29 is 10.2 Å². The Kier molecular flexibility index (Phi) is 3.29. The molecule has 0 saturated carbocycles.